The summed E-state index contributed by atoms with van der Waals surface area (Å²) in [5, 5.41) is 0. The molecule has 0 spiro atoms. The molecule has 7 nitrogen and oxygen atoms in total. The molecule has 0 bridgehead atoms. The fraction of sp³-hybridized carbons (Fsp3) is 0.526. The molecule has 0 radical (unpaired) electrons. The fourth-order valence-corrected chi connectivity index (χ4v) is 3.62. The molecule has 0 aliphatic carbocycles. The number of likely N-dealkylation sites (tertiary alicyclic amines) is 1. The van der Waals surface area contributed by atoms with E-state index in [0.717, 1.165) is 0 Å². The van der Waals surface area contributed by atoms with E-state index in [1.807, 2.05) is 19.1 Å². The number of amides is 3. The number of methoxy groups -OCH3 is 1. The smallest absolute Gasteiger partial charge is 0.257 e. The van der Waals surface area contributed by atoms with Crippen molar-refractivity contribution in [2.45, 2.75) is 13.3 Å². The summed E-state index contributed by atoms with van der Waals surface area (Å²) in [4.78, 5) is 42.5. The zero-order valence-electron chi connectivity index (χ0n) is 15.3. The molecule has 7 heteroatoms. The van der Waals surface area contributed by atoms with E-state index in [4.69, 9.17) is 4.74 Å². The third-order valence-electron chi connectivity index (χ3n) is 5.16. The summed E-state index contributed by atoms with van der Waals surface area (Å²) in [5.74, 6) is 0.302. The average Bonchev–Trinajstić information content (AvgIpc) is 3.07. The van der Waals surface area contributed by atoms with E-state index in [2.05, 4.69) is 0 Å². The normalized spacial score (nSPS) is 20.5. The molecule has 2 aliphatic heterocycles. The predicted octanol–water partition coefficient (Wildman–Crippen LogP) is 0.848. The van der Waals surface area contributed by atoms with Crippen LogP contribution in [0, 0.1) is 5.92 Å². The summed E-state index contributed by atoms with van der Waals surface area (Å²) in [6.45, 7) is 5.04. The van der Waals surface area contributed by atoms with Crippen molar-refractivity contribution in [3.05, 3.63) is 29.8 Å². The van der Waals surface area contributed by atoms with Gasteiger partial charge < -0.3 is 19.4 Å². The van der Waals surface area contributed by atoms with Crippen LogP contribution in [0.5, 0.6) is 5.75 Å². The van der Waals surface area contributed by atoms with Gasteiger partial charge in [-0.05, 0) is 19.1 Å². The van der Waals surface area contributed by atoms with Gasteiger partial charge in [0, 0.05) is 45.7 Å². The number of para-hydroxylation sites is 1. The largest absolute Gasteiger partial charge is 0.496 e. The van der Waals surface area contributed by atoms with Gasteiger partial charge in [0.1, 0.15) is 5.75 Å². The van der Waals surface area contributed by atoms with Crippen molar-refractivity contribution in [2.75, 3.05) is 46.4 Å². The third kappa shape index (κ3) is 3.52. The predicted molar refractivity (Wildman–Crippen MR) is 95.8 cm³/mol. The number of ether oxygens (including phenoxy) is 1. The second-order valence-corrected chi connectivity index (χ2v) is 6.65. The molecule has 0 unspecified atom stereocenters. The highest BCUT2D eigenvalue weighted by atomic mass is 16.5. The van der Waals surface area contributed by atoms with E-state index in [9.17, 15) is 14.4 Å². The Morgan fingerprint density at radius 1 is 1.12 bits per heavy atom. The Balaban J connectivity index is 1.58. The second kappa shape index (κ2) is 7.76. The van der Waals surface area contributed by atoms with Gasteiger partial charge >= 0.3 is 0 Å². The van der Waals surface area contributed by atoms with Crippen molar-refractivity contribution >= 4 is 17.7 Å². The number of carbonyl (C=O) groups excluding carboxylic acids is 3. The number of nitrogens with zero attached hydrogens (tertiary/aromatic N) is 3. The van der Waals surface area contributed by atoms with Crippen LogP contribution in [0.3, 0.4) is 0 Å². The lowest BCUT2D eigenvalue weighted by Gasteiger charge is -2.36. The summed E-state index contributed by atoms with van der Waals surface area (Å²) in [7, 11) is 1.55. The van der Waals surface area contributed by atoms with E-state index in [1.165, 1.54) is 0 Å². The molecule has 1 aromatic rings. The number of carbonyl (C=O) groups is 3. The molecule has 26 heavy (non-hydrogen) atoms. The lowest BCUT2D eigenvalue weighted by Crippen LogP contribution is -2.52. The van der Waals surface area contributed by atoms with Crippen LogP contribution in [0.15, 0.2) is 24.3 Å². The Morgan fingerprint density at radius 3 is 2.38 bits per heavy atom. The maximum atomic E-state index is 12.7. The minimum atomic E-state index is -0.251. The van der Waals surface area contributed by atoms with Crippen molar-refractivity contribution in [2.24, 2.45) is 5.92 Å². The van der Waals surface area contributed by atoms with Crippen molar-refractivity contribution in [3.63, 3.8) is 0 Å². The number of benzene rings is 1. The van der Waals surface area contributed by atoms with E-state index in [0.29, 0.717) is 57.0 Å². The SMILES string of the molecule is CCN1C[C@H](C(=O)N2CCN(C(=O)c3ccccc3OC)CC2)CC1=O. The van der Waals surface area contributed by atoms with E-state index >= 15 is 0 Å². The number of rotatable bonds is 4. The minimum Gasteiger partial charge on any atom is -0.496 e. The lowest BCUT2D eigenvalue weighted by molar-refractivity contribution is -0.137. The minimum absolute atomic E-state index is 0.0266. The van der Waals surface area contributed by atoms with Crippen molar-refractivity contribution in [1.82, 2.24) is 14.7 Å². The maximum Gasteiger partial charge on any atom is 0.257 e. The molecule has 0 N–H and O–H groups in total. The topological polar surface area (TPSA) is 70.2 Å². The maximum absolute atomic E-state index is 12.7. The summed E-state index contributed by atoms with van der Waals surface area (Å²) < 4.78 is 5.27. The van der Waals surface area contributed by atoms with Gasteiger partial charge in [-0.3, -0.25) is 14.4 Å². The Hall–Kier alpha value is -2.57. The lowest BCUT2D eigenvalue weighted by atomic mass is 10.1. The molecule has 2 fully saturated rings. The molecular formula is C19H25N3O4. The summed E-state index contributed by atoms with van der Waals surface area (Å²) >= 11 is 0. The first-order chi connectivity index (χ1) is 12.5. The third-order valence-corrected chi connectivity index (χ3v) is 5.16. The first-order valence-electron chi connectivity index (χ1n) is 9.04. The van der Waals surface area contributed by atoms with Crippen molar-refractivity contribution < 1.29 is 19.1 Å². The Bertz CT molecular complexity index is 698. The van der Waals surface area contributed by atoms with Gasteiger partial charge in [-0.25, -0.2) is 0 Å². The molecule has 0 saturated carbocycles. The molecule has 2 aliphatic rings. The van der Waals surface area contributed by atoms with Gasteiger partial charge in [0.05, 0.1) is 18.6 Å². The van der Waals surface area contributed by atoms with Gasteiger partial charge in [0.15, 0.2) is 0 Å². The molecule has 3 rings (SSSR count). The highest BCUT2D eigenvalue weighted by Crippen LogP contribution is 2.22. The van der Waals surface area contributed by atoms with Crippen LogP contribution in [-0.4, -0.2) is 78.8 Å². The van der Waals surface area contributed by atoms with Crippen LogP contribution in [0.25, 0.3) is 0 Å². The van der Waals surface area contributed by atoms with Crippen LogP contribution >= 0.6 is 0 Å². The van der Waals surface area contributed by atoms with E-state index in [-0.39, 0.29) is 23.6 Å². The van der Waals surface area contributed by atoms with Gasteiger partial charge in [0.2, 0.25) is 11.8 Å². The average molecular weight is 359 g/mol. The molecule has 1 atom stereocenters. The van der Waals surface area contributed by atoms with E-state index in [1.54, 1.807) is 33.9 Å². The Labute approximate surface area is 153 Å². The first-order valence-corrected chi connectivity index (χ1v) is 9.04. The van der Waals surface area contributed by atoms with Gasteiger partial charge in [0.25, 0.3) is 5.91 Å². The molecule has 2 saturated heterocycles. The highest BCUT2D eigenvalue weighted by Gasteiger charge is 2.37. The van der Waals surface area contributed by atoms with Gasteiger partial charge in [-0.1, -0.05) is 12.1 Å². The monoisotopic (exact) mass is 359 g/mol. The first kappa shape index (κ1) is 18.2. The van der Waals surface area contributed by atoms with E-state index < -0.39 is 0 Å². The van der Waals surface area contributed by atoms with Crippen molar-refractivity contribution in [1.29, 1.82) is 0 Å². The molecule has 0 aromatic heterocycles. The van der Waals surface area contributed by atoms with Crippen LogP contribution in [0.2, 0.25) is 0 Å². The van der Waals surface area contributed by atoms with Crippen LogP contribution in [0.1, 0.15) is 23.7 Å². The molecule has 2 heterocycles. The molecular weight excluding hydrogens is 334 g/mol. The summed E-state index contributed by atoms with van der Waals surface area (Å²) in [6.07, 6.45) is 0.299. The Morgan fingerprint density at radius 2 is 1.77 bits per heavy atom. The summed E-state index contributed by atoms with van der Waals surface area (Å²) in [5.41, 5.74) is 0.537. The zero-order chi connectivity index (χ0) is 18.7. The molecule has 3 amide bonds. The highest BCUT2D eigenvalue weighted by molar-refractivity contribution is 5.97. The van der Waals surface area contributed by atoms with Crippen molar-refractivity contribution in [3.8, 4) is 5.75 Å². The van der Waals surface area contributed by atoms with Crippen LogP contribution in [-0.2, 0) is 9.59 Å². The van der Waals surface area contributed by atoms with Crippen LogP contribution in [0.4, 0.5) is 0 Å². The molecule has 140 valence electrons. The quantitative estimate of drug-likeness (QED) is 0.799. The Kier molecular flexibility index (Phi) is 5.44. The molecule has 1 aromatic carbocycles. The number of hydrogen-bond donors (Lipinski definition) is 0. The van der Waals surface area contributed by atoms with Crippen LogP contribution < -0.4 is 4.74 Å². The standard InChI is InChI=1S/C19H25N3O4/c1-3-20-13-14(12-17(20)23)18(24)21-8-10-22(11-9-21)19(25)15-6-4-5-7-16(15)26-2/h4-7,14H,3,8-13H2,1-2H3/t14-/m1/s1. The fourth-order valence-electron chi connectivity index (χ4n) is 3.62. The van der Waals surface area contributed by atoms with Gasteiger partial charge in [-0.15, -0.1) is 0 Å². The zero-order valence-corrected chi connectivity index (χ0v) is 15.3. The number of piperazine rings is 1. The second-order valence-electron chi connectivity index (χ2n) is 6.65. The summed E-state index contributed by atoms with van der Waals surface area (Å²) in [6, 6.07) is 7.16. The van der Waals surface area contributed by atoms with Gasteiger partial charge in [-0.2, -0.15) is 0 Å². The number of hydrogen-bond acceptors (Lipinski definition) is 4.